The number of hydrogen-bond acceptors (Lipinski definition) is 5. The minimum absolute atomic E-state index is 0.332. The molecular formula is C13H27N2O3P. The van der Waals surface area contributed by atoms with Crippen LogP contribution in [0.25, 0.3) is 0 Å². The van der Waals surface area contributed by atoms with Crippen LogP contribution < -0.4 is 10.6 Å². The largest absolute Gasteiger partial charge is 0.327 e. The Hall–Kier alpha value is 0.0700. The molecule has 19 heavy (non-hydrogen) atoms. The Bertz CT molecular complexity index is 276. The molecule has 0 aromatic carbocycles. The molecule has 2 saturated heterocycles. The number of piperidine rings is 2. The molecule has 2 aliphatic rings. The Morgan fingerprint density at radius 2 is 1.42 bits per heavy atom. The van der Waals surface area contributed by atoms with Crippen molar-refractivity contribution in [1.82, 2.24) is 10.6 Å². The summed E-state index contributed by atoms with van der Waals surface area (Å²) in [6.07, 6.45) is 7.10. The summed E-state index contributed by atoms with van der Waals surface area (Å²) in [5.74, 6) is 0. The fraction of sp³-hybridized carbons (Fsp3) is 1.00. The highest BCUT2D eigenvalue weighted by molar-refractivity contribution is 7.52. The predicted octanol–water partition coefficient (Wildman–Crippen LogP) is 2.13. The van der Waals surface area contributed by atoms with Gasteiger partial charge in [-0.05, 0) is 38.8 Å². The molecule has 0 radical (unpaired) electrons. The molecule has 5 nitrogen and oxygen atoms in total. The van der Waals surface area contributed by atoms with E-state index < -0.39 is 7.60 Å². The van der Waals surface area contributed by atoms with E-state index in [1.807, 2.05) is 0 Å². The third-order valence-corrected chi connectivity index (χ3v) is 5.08. The van der Waals surface area contributed by atoms with E-state index >= 15 is 0 Å². The fourth-order valence-corrected chi connectivity index (χ4v) is 3.60. The summed E-state index contributed by atoms with van der Waals surface area (Å²) in [5.41, 5.74) is 0. The maximum atomic E-state index is 12.2. The summed E-state index contributed by atoms with van der Waals surface area (Å²) in [6.45, 7) is 4.64. The molecule has 0 aliphatic carbocycles. The summed E-state index contributed by atoms with van der Waals surface area (Å²) in [7, 11) is -2.91. The lowest BCUT2D eigenvalue weighted by Crippen LogP contribution is -2.38. The van der Waals surface area contributed by atoms with Gasteiger partial charge < -0.3 is 19.7 Å². The Morgan fingerprint density at radius 1 is 0.947 bits per heavy atom. The summed E-state index contributed by atoms with van der Waals surface area (Å²) in [6, 6.07) is 0.664. The van der Waals surface area contributed by atoms with Crippen LogP contribution in [0, 0.1) is 0 Å². The average Bonchev–Trinajstić information content (AvgIpc) is 2.46. The van der Waals surface area contributed by atoms with Crippen molar-refractivity contribution in [3.63, 3.8) is 0 Å². The standard InChI is InChI=1S/C13H27N2O3P/c1-19(16,17-10-12-6-2-4-8-14-12)18-11-13-7-3-5-9-15-13/h12-15H,2-11H2,1H3. The van der Waals surface area contributed by atoms with Gasteiger partial charge in [0, 0.05) is 18.7 Å². The van der Waals surface area contributed by atoms with Crippen molar-refractivity contribution in [1.29, 1.82) is 0 Å². The molecule has 0 spiro atoms. The molecule has 2 heterocycles. The van der Waals surface area contributed by atoms with E-state index in [0.717, 1.165) is 25.9 Å². The highest BCUT2D eigenvalue weighted by atomic mass is 31.2. The van der Waals surface area contributed by atoms with Crippen LogP contribution in [-0.4, -0.2) is 45.1 Å². The molecule has 0 bridgehead atoms. The topological polar surface area (TPSA) is 59.6 Å². The number of hydrogen-bond donors (Lipinski definition) is 2. The molecule has 2 aliphatic heterocycles. The highest BCUT2D eigenvalue weighted by Crippen LogP contribution is 2.44. The van der Waals surface area contributed by atoms with Crippen molar-refractivity contribution in [2.45, 2.75) is 50.6 Å². The first kappa shape index (κ1) is 15.5. The van der Waals surface area contributed by atoms with Crippen LogP contribution in [0.4, 0.5) is 0 Å². The third kappa shape index (κ3) is 5.92. The van der Waals surface area contributed by atoms with E-state index in [-0.39, 0.29) is 0 Å². The Morgan fingerprint density at radius 3 is 1.79 bits per heavy atom. The molecule has 2 rings (SSSR count). The van der Waals surface area contributed by atoms with Crippen LogP contribution in [0.2, 0.25) is 0 Å². The average molecular weight is 290 g/mol. The van der Waals surface area contributed by atoms with E-state index in [4.69, 9.17) is 9.05 Å². The monoisotopic (exact) mass is 290 g/mol. The maximum absolute atomic E-state index is 12.2. The normalized spacial score (nSPS) is 31.8. The zero-order valence-electron chi connectivity index (χ0n) is 11.9. The van der Waals surface area contributed by atoms with Crippen LogP contribution in [0.5, 0.6) is 0 Å². The van der Waals surface area contributed by atoms with Crippen molar-refractivity contribution in [3.05, 3.63) is 0 Å². The second-order valence-corrected chi connectivity index (χ2v) is 7.72. The van der Waals surface area contributed by atoms with Gasteiger partial charge in [-0.15, -0.1) is 0 Å². The maximum Gasteiger partial charge on any atom is 0.327 e. The van der Waals surface area contributed by atoms with Gasteiger partial charge in [0.2, 0.25) is 0 Å². The first-order chi connectivity index (χ1) is 9.16. The van der Waals surface area contributed by atoms with Crippen LogP contribution in [0.15, 0.2) is 0 Å². The van der Waals surface area contributed by atoms with E-state index in [0.29, 0.717) is 25.3 Å². The summed E-state index contributed by atoms with van der Waals surface area (Å²) < 4.78 is 23.2. The van der Waals surface area contributed by atoms with Gasteiger partial charge in [0.05, 0.1) is 13.2 Å². The van der Waals surface area contributed by atoms with Crippen LogP contribution in [0.3, 0.4) is 0 Å². The fourth-order valence-electron chi connectivity index (χ4n) is 2.62. The van der Waals surface area contributed by atoms with Crippen molar-refractivity contribution in [2.24, 2.45) is 0 Å². The quantitative estimate of drug-likeness (QED) is 0.734. The zero-order chi connectivity index (χ0) is 13.6. The first-order valence-corrected chi connectivity index (χ1v) is 9.48. The van der Waals surface area contributed by atoms with Gasteiger partial charge in [-0.1, -0.05) is 12.8 Å². The van der Waals surface area contributed by atoms with Gasteiger partial charge in [-0.25, -0.2) is 0 Å². The van der Waals surface area contributed by atoms with Crippen molar-refractivity contribution in [3.8, 4) is 0 Å². The molecule has 0 amide bonds. The van der Waals surface area contributed by atoms with Crippen molar-refractivity contribution in [2.75, 3.05) is 33.0 Å². The molecule has 2 atom stereocenters. The summed E-state index contributed by atoms with van der Waals surface area (Å²) in [4.78, 5) is 0. The van der Waals surface area contributed by atoms with Gasteiger partial charge in [0.25, 0.3) is 0 Å². The number of nitrogens with one attached hydrogen (secondary N) is 2. The lowest BCUT2D eigenvalue weighted by atomic mass is 10.1. The molecule has 2 fully saturated rings. The van der Waals surface area contributed by atoms with Crippen LogP contribution in [0.1, 0.15) is 38.5 Å². The van der Waals surface area contributed by atoms with Crippen molar-refractivity contribution < 1.29 is 13.6 Å². The molecule has 2 N–H and O–H groups in total. The Balaban J connectivity index is 1.64. The number of rotatable bonds is 6. The first-order valence-electron chi connectivity index (χ1n) is 7.49. The van der Waals surface area contributed by atoms with E-state index in [2.05, 4.69) is 10.6 Å². The third-order valence-electron chi connectivity index (χ3n) is 3.85. The van der Waals surface area contributed by atoms with Crippen molar-refractivity contribution >= 4 is 7.60 Å². The second-order valence-electron chi connectivity index (χ2n) is 5.66. The highest BCUT2D eigenvalue weighted by Gasteiger charge is 2.23. The second kappa shape index (κ2) is 7.75. The summed E-state index contributed by atoms with van der Waals surface area (Å²) >= 11 is 0. The Kier molecular flexibility index (Phi) is 6.30. The van der Waals surface area contributed by atoms with Gasteiger partial charge in [0.15, 0.2) is 0 Å². The molecule has 2 unspecified atom stereocenters. The van der Waals surface area contributed by atoms with Gasteiger partial charge >= 0.3 is 7.60 Å². The van der Waals surface area contributed by atoms with E-state index in [1.54, 1.807) is 6.66 Å². The molecule has 0 aromatic heterocycles. The molecule has 0 saturated carbocycles. The zero-order valence-corrected chi connectivity index (χ0v) is 12.8. The van der Waals surface area contributed by atoms with Crippen LogP contribution in [-0.2, 0) is 13.6 Å². The smallest absolute Gasteiger partial charge is 0.312 e. The Labute approximate surface area is 116 Å². The van der Waals surface area contributed by atoms with Gasteiger partial charge in [0.1, 0.15) is 0 Å². The minimum atomic E-state index is -2.91. The molecule has 112 valence electrons. The lowest BCUT2D eigenvalue weighted by Gasteiger charge is -2.27. The van der Waals surface area contributed by atoms with Gasteiger partial charge in [-0.3, -0.25) is 4.57 Å². The SMILES string of the molecule is CP(=O)(OCC1CCCCN1)OCC1CCCCN1. The van der Waals surface area contributed by atoms with Gasteiger partial charge in [-0.2, -0.15) is 0 Å². The van der Waals surface area contributed by atoms with Crippen LogP contribution >= 0.6 is 7.60 Å². The summed E-state index contributed by atoms with van der Waals surface area (Å²) in [5, 5.41) is 6.77. The molecule has 6 heteroatoms. The molecular weight excluding hydrogens is 263 g/mol. The lowest BCUT2D eigenvalue weighted by molar-refractivity contribution is 0.163. The van der Waals surface area contributed by atoms with E-state index in [1.165, 1.54) is 25.7 Å². The minimum Gasteiger partial charge on any atom is -0.312 e. The predicted molar refractivity (Wildman–Crippen MR) is 76.7 cm³/mol. The van der Waals surface area contributed by atoms with E-state index in [9.17, 15) is 4.57 Å². The molecule has 0 aromatic rings.